The van der Waals surface area contributed by atoms with Crippen molar-refractivity contribution in [2.24, 2.45) is 0 Å². The van der Waals surface area contributed by atoms with Gasteiger partial charge in [-0.1, -0.05) is 29.5 Å². The summed E-state index contributed by atoms with van der Waals surface area (Å²) in [5.41, 5.74) is -0.333. The molecule has 0 fully saturated rings. The highest BCUT2D eigenvalue weighted by atomic mass is 32.1. The van der Waals surface area contributed by atoms with E-state index in [1.807, 2.05) is 0 Å². The van der Waals surface area contributed by atoms with Crippen molar-refractivity contribution in [3.05, 3.63) is 61.3 Å². The largest absolute Gasteiger partial charge is 0.507 e. The topological polar surface area (TPSA) is 84.6 Å². The molecule has 0 aliphatic carbocycles. The lowest BCUT2D eigenvalue weighted by Crippen LogP contribution is -2.25. The fourth-order valence-corrected chi connectivity index (χ4v) is 2.53. The van der Waals surface area contributed by atoms with Gasteiger partial charge in [0.2, 0.25) is 4.96 Å². The maximum absolute atomic E-state index is 12.0. The number of benzene rings is 1. The number of aromatic nitrogens is 3. The first kappa shape index (κ1) is 11.5. The summed E-state index contributed by atoms with van der Waals surface area (Å²) in [6, 6.07) is 6.66. The van der Waals surface area contributed by atoms with Gasteiger partial charge in [-0.3, -0.25) is 9.59 Å². The molecule has 0 atom stereocenters. The molecule has 0 amide bonds. The summed E-state index contributed by atoms with van der Waals surface area (Å²) < 4.78 is 1.42. The van der Waals surface area contributed by atoms with Gasteiger partial charge in [-0.05, 0) is 12.1 Å². The van der Waals surface area contributed by atoms with Gasteiger partial charge >= 0.3 is 0 Å². The highest BCUT2D eigenvalue weighted by Gasteiger charge is 2.06. The quantitative estimate of drug-likeness (QED) is 0.661. The Morgan fingerprint density at radius 3 is 2.84 bits per heavy atom. The molecule has 0 aliphatic heterocycles. The predicted octanol–water partition coefficient (Wildman–Crippen LogP) is -0.235. The molecule has 0 spiro atoms. The number of hydrogen-bond acceptors (Lipinski definition) is 6. The number of rotatable bonds is 1. The van der Waals surface area contributed by atoms with Gasteiger partial charge in [-0.15, -0.1) is 0 Å². The molecule has 1 aromatic carbocycles. The van der Waals surface area contributed by atoms with Crippen LogP contribution in [-0.4, -0.2) is 19.7 Å². The molecule has 94 valence electrons. The van der Waals surface area contributed by atoms with Crippen LogP contribution in [0.4, 0.5) is 0 Å². The first-order valence-electron chi connectivity index (χ1n) is 5.34. The normalized spacial score (nSPS) is 12.1. The summed E-state index contributed by atoms with van der Waals surface area (Å²) >= 11 is 1.05. The molecule has 1 N–H and O–H groups in total. The first-order valence-corrected chi connectivity index (χ1v) is 6.15. The maximum atomic E-state index is 12.0. The zero-order valence-corrected chi connectivity index (χ0v) is 10.3. The van der Waals surface area contributed by atoms with E-state index in [0.29, 0.717) is 10.1 Å². The number of nitrogens with zero attached hydrogens (tertiary/aromatic N) is 3. The fraction of sp³-hybridized carbons (Fsp3) is 0. The number of hydrogen-bond donors (Lipinski definition) is 1. The van der Waals surface area contributed by atoms with E-state index in [1.165, 1.54) is 6.07 Å². The van der Waals surface area contributed by atoms with Crippen molar-refractivity contribution < 1.29 is 5.11 Å². The molecule has 0 unspecified atom stereocenters. The minimum absolute atomic E-state index is 0.0785. The minimum atomic E-state index is -0.490. The van der Waals surface area contributed by atoms with E-state index in [2.05, 4.69) is 10.1 Å². The lowest BCUT2D eigenvalue weighted by atomic mass is 10.2. The van der Waals surface area contributed by atoms with Crippen LogP contribution in [0.5, 0.6) is 5.75 Å². The molecule has 3 aromatic rings. The Hall–Kier alpha value is -2.54. The highest BCUT2D eigenvalue weighted by Crippen LogP contribution is 2.15. The fourth-order valence-electron chi connectivity index (χ4n) is 1.62. The molecule has 0 bridgehead atoms. The van der Waals surface area contributed by atoms with E-state index in [4.69, 9.17) is 0 Å². The van der Waals surface area contributed by atoms with Gasteiger partial charge in [-0.25, -0.2) is 0 Å². The third-order valence-corrected chi connectivity index (χ3v) is 3.46. The molecule has 6 nitrogen and oxygen atoms in total. The van der Waals surface area contributed by atoms with Crippen LogP contribution in [0, 0.1) is 0 Å². The average Bonchev–Trinajstić information content (AvgIpc) is 2.68. The van der Waals surface area contributed by atoms with Crippen LogP contribution in [0.25, 0.3) is 11.0 Å². The Bertz CT molecular complexity index is 929. The molecule has 0 saturated heterocycles. The number of fused-ring (bicyclic) bond motifs is 1. The SMILES string of the molecule is O=c1cnn2c(=O)c(=Cc3ccccc3O)sc2n1. The van der Waals surface area contributed by atoms with Crippen LogP contribution < -0.4 is 15.7 Å². The highest BCUT2D eigenvalue weighted by molar-refractivity contribution is 7.15. The molecule has 0 radical (unpaired) electrons. The second-order valence-corrected chi connectivity index (χ2v) is 4.77. The van der Waals surface area contributed by atoms with Gasteiger partial charge in [-0.2, -0.15) is 14.6 Å². The smallest absolute Gasteiger partial charge is 0.292 e. The van der Waals surface area contributed by atoms with Crippen molar-refractivity contribution in [2.45, 2.75) is 0 Å². The lowest BCUT2D eigenvalue weighted by Gasteiger charge is -1.94. The zero-order valence-electron chi connectivity index (χ0n) is 9.48. The molecule has 7 heteroatoms. The Labute approximate surface area is 109 Å². The maximum Gasteiger partial charge on any atom is 0.292 e. The van der Waals surface area contributed by atoms with E-state index in [9.17, 15) is 14.7 Å². The van der Waals surface area contributed by atoms with Crippen molar-refractivity contribution >= 4 is 22.4 Å². The second-order valence-electron chi connectivity index (χ2n) is 3.76. The van der Waals surface area contributed by atoms with Gasteiger partial charge in [0.15, 0.2) is 0 Å². The van der Waals surface area contributed by atoms with Crippen LogP contribution in [0.1, 0.15) is 5.56 Å². The van der Waals surface area contributed by atoms with Crippen molar-refractivity contribution in [2.75, 3.05) is 0 Å². The molecule has 2 heterocycles. The third kappa shape index (κ3) is 2.00. The molecular weight excluding hydrogens is 266 g/mol. The summed E-state index contributed by atoms with van der Waals surface area (Å²) in [7, 11) is 0. The van der Waals surface area contributed by atoms with Crippen LogP contribution in [0.2, 0.25) is 0 Å². The van der Waals surface area contributed by atoms with Crippen LogP contribution in [0.3, 0.4) is 0 Å². The van der Waals surface area contributed by atoms with E-state index in [1.54, 1.807) is 24.3 Å². The van der Waals surface area contributed by atoms with E-state index >= 15 is 0 Å². The molecule has 3 rings (SSSR count). The number of aromatic hydroxyl groups is 1. The van der Waals surface area contributed by atoms with Crippen molar-refractivity contribution in [3.63, 3.8) is 0 Å². The average molecular weight is 273 g/mol. The lowest BCUT2D eigenvalue weighted by molar-refractivity contribution is 0.474. The van der Waals surface area contributed by atoms with E-state index in [0.717, 1.165) is 22.0 Å². The standard InChI is InChI=1S/C12H7N3O3S/c16-8-4-2-1-3-7(8)5-9-11(18)15-12(19-9)14-10(17)6-13-15/h1-6,16H. The van der Waals surface area contributed by atoms with Crippen molar-refractivity contribution in [1.82, 2.24) is 14.6 Å². The van der Waals surface area contributed by atoms with Crippen LogP contribution in [-0.2, 0) is 0 Å². The molecule has 19 heavy (non-hydrogen) atoms. The van der Waals surface area contributed by atoms with Gasteiger partial charge in [0.05, 0.1) is 4.53 Å². The number of para-hydroxylation sites is 1. The van der Waals surface area contributed by atoms with Gasteiger partial charge < -0.3 is 5.11 Å². The summed E-state index contributed by atoms with van der Waals surface area (Å²) in [5, 5.41) is 13.4. The van der Waals surface area contributed by atoms with Crippen molar-refractivity contribution in [3.8, 4) is 5.75 Å². The summed E-state index contributed by atoms with van der Waals surface area (Å²) in [5.74, 6) is 0.0785. The third-order valence-electron chi connectivity index (χ3n) is 2.50. The first-order chi connectivity index (χ1) is 9.15. The van der Waals surface area contributed by atoms with Gasteiger partial charge in [0.1, 0.15) is 11.9 Å². The second kappa shape index (κ2) is 4.29. The van der Waals surface area contributed by atoms with Crippen LogP contribution >= 0.6 is 11.3 Å². The number of phenolic OH excluding ortho intramolecular Hbond substituents is 1. The van der Waals surface area contributed by atoms with Crippen LogP contribution in [0.15, 0.2) is 40.1 Å². The Kier molecular flexibility index (Phi) is 2.60. The van der Waals surface area contributed by atoms with Gasteiger partial charge in [0, 0.05) is 5.56 Å². The Morgan fingerprint density at radius 1 is 1.26 bits per heavy atom. The molecular formula is C12H7N3O3S. The number of phenols is 1. The summed E-state index contributed by atoms with van der Waals surface area (Å²) in [6.45, 7) is 0. The number of thiazole rings is 1. The van der Waals surface area contributed by atoms with E-state index in [-0.39, 0.29) is 16.3 Å². The van der Waals surface area contributed by atoms with E-state index < -0.39 is 5.56 Å². The Morgan fingerprint density at radius 2 is 2.05 bits per heavy atom. The molecule has 2 aromatic heterocycles. The van der Waals surface area contributed by atoms with Crippen molar-refractivity contribution in [1.29, 1.82) is 0 Å². The molecule has 0 aliphatic rings. The minimum Gasteiger partial charge on any atom is -0.507 e. The zero-order chi connectivity index (χ0) is 13.4. The monoisotopic (exact) mass is 273 g/mol. The van der Waals surface area contributed by atoms with Gasteiger partial charge in [0.25, 0.3) is 11.1 Å². The summed E-state index contributed by atoms with van der Waals surface area (Å²) in [6.07, 6.45) is 2.54. The summed E-state index contributed by atoms with van der Waals surface area (Å²) in [4.78, 5) is 27.0. The molecule has 0 saturated carbocycles. The Balaban J connectivity index is 2.32. The predicted molar refractivity (Wildman–Crippen MR) is 70.3 cm³/mol.